The molecule has 0 amide bonds. The van der Waals surface area contributed by atoms with E-state index in [2.05, 4.69) is 44.7 Å². The number of aryl methyl sites for hydroxylation is 1. The third kappa shape index (κ3) is 3.24. The highest BCUT2D eigenvalue weighted by Crippen LogP contribution is 2.02. The lowest BCUT2D eigenvalue weighted by atomic mass is 10.1. The molecule has 0 bridgehead atoms. The van der Waals surface area contributed by atoms with Crippen molar-refractivity contribution in [3.8, 4) is 11.8 Å². The zero-order valence-electron chi connectivity index (χ0n) is 9.04. The number of nitrogens with two attached hydrogens (primary N) is 1. The predicted molar refractivity (Wildman–Crippen MR) is 60.9 cm³/mol. The van der Waals surface area contributed by atoms with Gasteiger partial charge < -0.3 is 5.73 Å². The lowest BCUT2D eigenvalue weighted by Gasteiger charge is -2.06. The molecule has 1 aromatic carbocycles. The molecule has 0 fully saturated rings. The van der Waals surface area contributed by atoms with Crippen molar-refractivity contribution in [2.24, 2.45) is 11.7 Å². The van der Waals surface area contributed by atoms with E-state index in [1.54, 1.807) is 0 Å². The van der Waals surface area contributed by atoms with Crippen LogP contribution in [0.25, 0.3) is 0 Å². The Balaban J connectivity index is 2.77. The normalized spacial score (nSPS) is 12.1. The first-order chi connectivity index (χ1) is 6.59. The van der Waals surface area contributed by atoms with E-state index in [9.17, 15) is 0 Å². The smallest absolute Gasteiger partial charge is 0.0691 e. The van der Waals surface area contributed by atoms with Crippen LogP contribution in [-0.4, -0.2) is 6.04 Å². The monoisotopic (exact) mass is 187 g/mol. The molecule has 0 aliphatic carbocycles. The van der Waals surface area contributed by atoms with Crippen LogP contribution >= 0.6 is 0 Å². The van der Waals surface area contributed by atoms with Gasteiger partial charge in [-0.05, 0) is 30.5 Å². The van der Waals surface area contributed by atoms with Gasteiger partial charge in [0, 0.05) is 5.56 Å². The van der Waals surface area contributed by atoms with Gasteiger partial charge in [-0.2, -0.15) is 0 Å². The summed E-state index contributed by atoms with van der Waals surface area (Å²) >= 11 is 0. The van der Waals surface area contributed by atoms with E-state index in [0.29, 0.717) is 5.92 Å². The van der Waals surface area contributed by atoms with Crippen LogP contribution in [0.4, 0.5) is 0 Å². The summed E-state index contributed by atoms with van der Waals surface area (Å²) in [6.45, 7) is 6.22. The maximum atomic E-state index is 5.83. The van der Waals surface area contributed by atoms with Gasteiger partial charge in [0.2, 0.25) is 0 Å². The highest BCUT2D eigenvalue weighted by Gasteiger charge is 2.01. The molecule has 1 heteroatoms. The van der Waals surface area contributed by atoms with Crippen LogP contribution in [0.1, 0.15) is 25.0 Å². The van der Waals surface area contributed by atoms with E-state index in [0.717, 1.165) is 5.56 Å². The Bertz CT molecular complexity index is 355. The first kappa shape index (κ1) is 10.8. The van der Waals surface area contributed by atoms with Crippen molar-refractivity contribution < 1.29 is 0 Å². The van der Waals surface area contributed by atoms with Crippen LogP contribution in [0.5, 0.6) is 0 Å². The average molecular weight is 187 g/mol. The van der Waals surface area contributed by atoms with Crippen LogP contribution in [-0.2, 0) is 0 Å². The summed E-state index contributed by atoms with van der Waals surface area (Å²) in [5.74, 6) is 6.55. The fourth-order valence-corrected chi connectivity index (χ4v) is 1.06. The number of rotatable bonds is 1. The maximum absolute atomic E-state index is 5.83. The lowest BCUT2D eigenvalue weighted by molar-refractivity contribution is 0.584. The van der Waals surface area contributed by atoms with Gasteiger partial charge in [-0.1, -0.05) is 37.8 Å². The van der Waals surface area contributed by atoms with Crippen molar-refractivity contribution >= 4 is 0 Å². The van der Waals surface area contributed by atoms with E-state index in [4.69, 9.17) is 5.73 Å². The molecule has 74 valence electrons. The Morgan fingerprint density at radius 3 is 2.57 bits per heavy atom. The summed E-state index contributed by atoms with van der Waals surface area (Å²) in [5.41, 5.74) is 8.10. The molecular weight excluding hydrogens is 170 g/mol. The maximum Gasteiger partial charge on any atom is 0.0691 e. The van der Waals surface area contributed by atoms with Gasteiger partial charge in [-0.15, -0.1) is 0 Å². The molecule has 0 aliphatic heterocycles. The van der Waals surface area contributed by atoms with Gasteiger partial charge in [0.25, 0.3) is 0 Å². The predicted octanol–water partition coefficient (Wildman–Crippen LogP) is 2.33. The SMILES string of the molecule is Cc1cccc(C#CC(N)C(C)C)c1. The van der Waals surface area contributed by atoms with E-state index in [-0.39, 0.29) is 6.04 Å². The molecule has 0 aliphatic rings. The minimum atomic E-state index is -0.0319. The van der Waals surface area contributed by atoms with Gasteiger partial charge in [-0.3, -0.25) is 0 Å². The van der Waals surface area contributed by atoms with E-state index >= 15 is 0 Å². The molecule has 0 spiro atoms. The molecular formula is C13H17N. The first-order valence-electron chi connectivity index (χ1n) is 4.93. The summed E-state index contributed by atoms with van der Waals surface area (Å²) in [6.07, 6.45) is 0. The minimum Gasteiger partial charge on any atom is -0.317 e. The van der Waals surface area contributed by atoms with Crippen LogP contribution in [0, 0.1) is 24.7 Å². The Hall–Kier alpha value is -1.26. The molecule has 1 aromatic rings. The topological polar surface area (TPSA) is 26.0 Å². The second-order valence-corrected chi connectivity index (χ2v) is 3.91. The molecule has 2 N–H and O–H groups in total. The van der Waals surface area contributed by atoms with Gasteiger partial charge >= 0.3 is 0 Å². The Labute approximate surface area is 86.3 Å². The van der Waals surface area contributed by atoms with Gasteiger partial charge in [0.1, 0.15) is 0 Å². The van der Waals surface area contributed by atoms with Crippen LogP contribution < -0.4 is 5.73 Å². The largest absolute Gasteiger partial charge is 0.317 e. The Morgan fingerprint density at radius 2 is 2.00 bits per heavy atom. The van der Waals surface area contributed by atoms with Crippen molar-refractivity contribution in [1.29, 1.82) is 0 Å². The molecule has 1 unspecified atom stereocenters. The van der Waals surface area contributed by atoms with Crippen LogP contribution in [0.3, 0.4) is 0 Å². The summed E-state index contributed by atoms with van der Waals surface area (Å²) < 4.78 is 0. The van der Waals surface area contributed by atoms with Crippen molar-refractivity contribution in [1.82, 2.24) is 0 Å². The summed E-state index contributed by atoms with van der Waals surface area (Å²) in [5, 5.41) is 0. The highest BCUT2D eigenvalue weighted by atomic mass is 14.6. The summed E-state index contributed by atoms with van der Waals surface area (Å²) in [4.78, 5) is 0. The zero-order chi connectivity index (χ0) is 10.6. The molecule has 0 radical (unpaired) electrons. The number of benzene rings is 1. The molecule has 1 atom stereocenters. The minimum absolute atomic E-state index is 0.0319. The van der Waals surface area contributed by atoms with E-state index < -0.39 is 0 Å². The van der Waals surface area contributed by atoms with Crippen molar-refractivity contribution in [2.75, 3.05) is 0 Å². The highest BCUT2D eigenvalue weighted by molar-refractivity contribution is 5.37. The molecule has 1 nitrogen and oxygen atoms in total. The van der Waals surface area contributed by atoms with Gasteiger partial charge in [0.15, 0.2) is 0 Å². The van der Waals surface area contributed by atoms with Crippen molar-refractivity contribution in [2.45, 2.75) is 26.8 Å². The fraction of sp³-hybridized carbons (Fsp3) is 0.385. The van der Waals surface area contributed by atoms with Crippen molar-refractivity contribution in [3.05, 3.63) is 35.4 Å². The second kappa shape index (κ2) is 4.83. The Kier molecular flexibility index (Phi) is 3.73. The number of hydrogen-bond acceptors (Lipinski definition) is 1. The third-order valence-electron chi connectivity index (χ3n) is 2.12. The molecule has 0 saturated carbocycles. The van der Waals surface area contributed by atoms with Gasteiger partial charge in [-0.25, -0.2) is 0 Å². The molecule has 0 aromatic heterocycles. The molecule has 1 rings (SSSR count). The van der Waals surface area contributed by atoms with Crippen molar-refractivity contribution in [3.63, 3.8) is 0 Å². The van der Waals surface area contributed by atoms with E-state index in [1.807, 2.05) is 12.1 Å². The third-order valence-corrected chi connectivity index (χ3v) is 2.12. The molecule has 14 heavy (non-hydrogen) atoms. The Morgan fingerprint density at radius 1 is 1.29 bits per heavy atom. The van der Waals surface area contributed by atoms with Crippen LogP contribution in [0.15, 0.2) is 24.3 Å². The number of hydrogen-bond donors (Lipinski definition) is 1. The molecule has 0 heterocycles. The van der Waals surface area contributed by atoms with Crippen LogP contribution in [0.2, 0.25) is 0 Å². The lowest BCUT2D eigenvalue weighted by Crippen LogP contribution is -2.23. The quantitative estimate of drug-likeness (QED) is 0.671. The summed E-state index contributed by atoms with van der Waals surface area (Å²) in [6, 6.07) is 8.12. The first-order valence-corrected chi connectivity index (χ1v) is 4.93. The second-order valence-electron chi connectivity index (χ2n) is 3.91. The molecule has 0 saturated heterocycles. The standard InChI is InChI=1S/C13H17N/c1-10(2)13(14)8-7-12-6-4-5-11(3)9-12/h4-6,9-10,13H,14H2,1-3H3. The zero-order valence-corrected chi connectivity index (χ0v) is 9.04. The summed E-state index contributed by atoms with van der Waals surface area (Å²) in [7, 11) is 0. The van der Waals surface area contributed by atoms with E-state index in [1.165, 1.54) is 5.56 Å². The van der Waals surface area contributed by atoms with Gasteiger partial charge in [0.05, 0.1) is 6.04 Å². The average Bonchev–Trinajstić information content (AvgIpc) is 2.14. The fourth-order valence-electron chi connectivity index (χ4n) is 1.06.